The molecule has 0 atom stereocenters. The summed E-state index contributed by atoms with van der Waals surface area (Å²) in [7, 11) is 0. The predicted molar refractivity (Wildman–Crippen MR) is 75.9 cm³/mol. The summed E-state index contributed by atoms with van der Waals surface area (Å²) < 4.78 is 5.30. The van der Waals surface area contributed by atoms with Gasteiger partial charge in [0.2, 0.25) is 0 Å². The number of ether oxygens (including phenoxy) is 1. The van der Waals surface area contributed by atoms with Crippen molar-refractivity contribution in [2.75, 3.05) is 18.5 Å². The Hall–Kier alpha value is -2.08. The summed E-state index contributed by atoms with van der Waals surface area (Å²) in [6.07, 6.45) is -0.0106. The second-order valence-electron chi connectivity index (χ2n) is 4.53. The second-order valence-corrected chi connectivity index (χ2v) is 4.53. The van der Waals surface area contributed by atoms with Crippen LogP contribution in [0.1, 0.15) is 19.4 Å². The molecule has 0 bridgehead atoms. The van der Waals surface area contributed by atoms with Gasteiger partial charge in [-0.1, -0.05) is 18.2 Å². The van der Waals surface area contributed by atoms with Gasteiger partial charge >= 0.3 is 12.0 Å². The van der Waals surface area contributed by atoms with E-state index in [4.69, 9.17) is 9.84 Å². The molecule has 6 nitrogen and oxygen atoms in total. The molecule has 110 valence electrons. The van der Waals surface area contributed by atoms with Crippen LogP contribution in [0.3, 0.4) is 0 Å². The molecular formula is C14H20N2O4. The summed E-state index contributed by atoms with van der Waals surface area (Å²) in [5, 5.41) is 14.1. The SMILES string of the molecule is CC(C)OCCNC(=O)Nc1ccccc1CC(=O)O. The summed E-state index contributed by atoms with van der Waals surface area (Å²) in [5.74, 6) is -0.940. The first-order chi connectivity index (χ1) is 9.49. The normalized spacial score (nSPS) is 10.3. The molecule has 0 fully saturated rings. The summed E-state index contributed by atoms with van der Waals surface area (Å²) in [6.45, 7) is 4.66. The molecule has 1 aromatic rings. The number of nitrogens with one attached hydrogen (secondary N) is 2. The van der Waals surface area contributed by atoms with Crippen molar-refractivity contribution in [1.29, 1.82) is 0 Å². The maximum absolute atomic E-state index is 11.7. The second kappa shape index (κ2) is 8.16. The first-order valence-corrected chi connectivity index (χ1v) is 6.45. The lowest BCUT2D eigenvalue weighted by Crippen LogP contribution is -2.32. The van der Waals surface area contributed by atoms with Gasteiger partial charge in [0.1, 0.15) is 0 Å². The van der Waals surface area contributed by atoms with Crippen molar-refractivity contribution in [3.05, 3.63) is 29.8 Å². The fourth-order valence-electron chi connectivity index (χ4n) is 1.59. The molecule has 0 saturated carbocycles. The van der Waals surface area contributed by atoms with Crippen LogP contribution < -0.4 is 10.6 Å². The van der Waals surface area contributed by atoms with E-state index in [0.29, 0.717) is 24.4 Å². The lowest BCUT2D eigenvalue weighted by molar-refractivity contribution is -0.136. The molecule has 2 amide bonds. The minimum Gasteiger partial charge on any atom is -0.481 e. The third-order valence-electron chi connectivity index (χ3n) is 2.45. The fraction of sp³-hybridized carbons (Fsp3) is 0.429. The Balaban J connectivity index is 2.47. The van der Waals surface area contributed by atoms with E-state index < -0.39 is 5.97 Å². The van der Waals surface area contributed by atoms with E-state index in [1.54, 1.807) is 24.3 Å². The van der Waals surface area contributed by atoms with Crippen molar-refractivity contribution >= 4 is 17.7 Å². The molecule has 1 aromatic carbocycles. The van der Waals surface area contributed by atoms with Crippen molar-refractivity contribution in [1.82, 2.24) is 5.32 Å². The minimum atomic E-state index is -0.940. The van der Waals surface area contributed by atoms with Gasteiger partial charge in [-0.2, -0.15) is 0 Å². The third kappa shape index (κ3) is 6.19. The number of carbonyl (C=O) groups is 2. The number of para-hydroxylation sites is 1. The number of aliphatic carboxylic acids is 1. The third-order valence-corrected chi connectivity index (χ3v) is 2.45. The van der Waals surface area contributed by atoms with E-state index in [1.807, 2.05) is 13.8 Å². The Labute approximate surface area is 118 Å². The quantitative estimate of drug-likeness (QED) is 0.665. The Morgan fingerprint density at radius 2 is 2.00 bits per heavy atom. The monoisotopic (exact) mass is 280 g/mol. The number of carbonyl (C=O) groups excluding carboxylic acids is 1. The van der Waals surface area contributed by atoms with Gasteiger partial charge in [-0.05, 0) is 25.5 Å². The fourth-order valence-corrected chi connectivity index (χ4v) is 1.59. The van der Waals surface area contributed by atoms with Gasteiger partial charge in [0.05, 0.1) is 19.1 Å². The number of benzene rings is 1. The lowest BCUT2D eigenvalue weighted by atomic mass is 10.1. The van der Waals surface area contributed by atoms with E-state index in [1.165, 1.54) is 0 Å². The van der Waals surface area contributed by atoms with Crippen molar-refractivity contribution in [3.63, 3.8) is 0 Å². The highest BCUT2D eigenvalue weighted by molar-refractivity contribution is 5.90. The lowest BCUT2D eigenvalue weighted by Gasteiger charge is -2.12. The Bertz CT molecular complexity index is 460. The van der Waals surface area contributed by atoms with Crippen LogP contribution >= 0.6 is 0 Å². The zero-order chi connectivity index (χ0) is 15.0. The Morgan fingerprint density at radius 3 is 2.65 bits per heavy atom. The first kappa shape index (κ1) is 16.0. The Kier molecular flexibility index (Phi) is 6.52. The number of carboxylic acid groups (broad SMARTS) is 1. The summed E-state index contributed by atoms with van der Waals surface area (Å²) in [4.78, 5) is 22.4. The molecule has 0 aromatic heterocycles. The van der Waals surface area contributed by atoms with Crippen LogP contribution in [0.4, 0.5) is 10.5 Å². The highest BCUT2D eigenvalue weighted by Gasteiger charge is 2.08. The van der Waals surface area contributed by atoms with Gasteiger partial charge in [0.15, 0.2) is 0 Å². The highest BCUT2D eigenvalue weighted by Crippen LogP contribution is 2.15. The van der Waals surface area contributed by atoms with Gasteiger partial charge in [0.25, 0.3) is 0 Å². The van der Waals surface area contributed by atoms with Crippen LogP contribution in [0.5, 0.6) is 0 Å². The predicted octanol–water partition coefficient (Wildman–Crippen LogP) is 1.86. The van der Waals surface area contributed by atoms with Crippen LogP contribution in [0, 0.1) is 0 Å². The van der Waals surface area contributed by atoms with Gasteiger partial charge in [-0.15, -0.1) is 0 Å². The number of rotatable bonds is 7. The zero-order valence-electron chi connectivity index (χ0n) is 11.7. The van der Waals surface area contributed by atoms with Gasteiger partial charge < -0.3 is 20.5 Å². The maximum Gasteiger partial charge on any atom is 0.319 e. The molecule has 1 rings (SSSR count). The summed E-state index contributed by atoms with van der Waals surface area (Å²) in [6, 6.07) is 6.43. The van der Waals surface area contributed by atoms with Crippen LogP contribution in [0.15, 0.2) is 24.3 Å². The van der Waals surface area contributed by atoms with Gasteiger partial charge in [0, 0.05) is 12.2 Å². The molecular weight excluding hydrogens is 260 g/mol. The van der Waals surface area contributed by atoms with Crippen LogP contribution in [0.25, 0.3) is 0 Å². The van der Waals surface area contributed by atoms with Crippen LogP contribution in [-0.2, 0) is 16.0 Å². The van der Waals surface area contributed by atoms with E-state index in [-0.39, 0.29) is 18.6 Å². The number of carboxylic acids is 1. The number of anilines is 1. The minimum absolute atomic E-state index is 0.121. The molecule has 0 aliphatic carbocycles. The molecule has 0 spiro atoms. The maximum atomic E-state index is 11.7. The van der Waals surface area contributed by atoms with Crippen molar-refractivity contribution in [2.45, 2.75) is 26.4 Å². The number of hydrogen-bond donors (Lipinski definition) is 3. The highest BCUT2D eigenvalue weighted by atomic mass is 16.5. The van der Waals surface area contributed by atoms with Gasteiger partial charge in [-0.25, -0.2) is 4.79 Å². The molecule has 3 N–H and O–H groups in total. The zero-order valence-corrected chi connectivity index (χ0v) is 11.7. The van der Waals surface area contributed by atoms with E-state index in [9.17, 15) is 9.59 Å². The molecule has 0 saturated heterocycles. The standard InChI is InChI=1S/C14H20N2O4/c1-10(2)20-8-7-15-14(19)16-12-6-4-3-5-11(12)9-13(17)18/h3-6,10H,7-9H2,1-2H3,(H,17,18)(H2,15,16,19). The van der Waals surface area contributed by atoms with Crippen molar-refractivity contribution in [3.8, 4) is 0 Å². The van der Waals surface area contributed by atoms with E-state index in [2.05, 4.69) is 10.6 Å². The first-order valence-electron chi connectivity index (χ1n) is 6.45. The van der Waals surface area contributed by atoms with E-state index in [0.717, 1.165) is 0 Å². The number of amides is 2. The summed E-state index contributed by atoms with van der Waals surface area (Å²) in [5.41, 5.74) is 1.06. The summed E-state index contributed by atoms with van der Waals surface area (Å²) >= 11 is 0. The Morgan fingerprint density at radius 1 is 1.30 bits per heavy atom. The largest absolute Gasteiger partial charge is 0.481 e. The van der Waals surface area contributed by atoms with Crippen LogP contribution in [0.2, 0.25) is 0 Å². The number of hydrogen-bond acceptors (Lipinski definition) is 3. The van der Waals surface area contributed by atoms with E-state index >= 15 is 0 Å². The molecule has 20 heavy (non-hydrogen) atoms. The molecule has 0 aliphatic rings. The van der Waals surface area contributed by atoms with Crippen molar-refractivity contribution < 1.29 is 19.4 Å². The topological polar surface area (TPSA) is 87.7 Å². The molecule has 0 radical (unpaired) electrons. The number of urea groups is 1. The van der Waals surface area contributed by atoms with Gasteiger partial charge in [-0.3, -0.25) is 4.79 Å². The molecule has 0 aliphatic heterocycles. The molecule has 0 unspecified atom stereocenters. The molecule has 6 heteroatoms. The van der Waals surface area contributed by atoms with Crippen molar-refractivity contribution in [2.24, 2.45) is 0 Å². The average Bonchev–Trinajstić information content (AvgIpc) is 2.36. The smallest absolute Gasteiger partial charge is 0.319 e. The van der Waals surface area contributed by atoms with Crippen LogP contribution in [-0.4, -0.2) is 36.4 Å². The molecule has 0 heterocycles. The average molecular weight is 280 g/mol.